The summed E-state index contributed by atoms with van der Waals surface area (Å²) >= 11 is 0. The van der Waals surface area contributed by atoms with Gasteiger partial charge in [-0.3, -0.25) is 4.79 Å². The molecule has 2 N–H and O–H groups in total. The number of amides is 1. The topological polar surface area (TPSA) is 59.5 Å². The molecule has 1 aromatic carbocycles. The minimum absolute atomic E-state index is 0.0311. The molecule has 2 unspecified atom stereocenters. The van der Waals surface area contributed by atoms with Crippen molar-refractivity contribution in [3.63, 3.8) is 0 Å². The summed E-state index contributed by atoms with van der Waals surface area (Å²) in [6.45, 7) is 4.06. The third kappa shape index (κ3) is 3.45. The van der Waals surface area contributed by atoms with Gasteiger partial charge in [0.25, 0.3) is 0 Å². The molecule has 4 heteroatoms. The van der Waals surface area contributed by atoms with Crippen molar-refractivity contribution in [2.75, 3.05) is 7.05 Å². The van der Waals surface area contributed by atoms with Crippen LogP contribution in [0.2, 0.25) is 0 Å². The molecule has 0 saturated heterocycles. The molecular weight excluding hydrogens is 264 g/mol. The van der Waals surface area contributed by atoms with E-state index < -0.39 is 6.04 Å². The average molecular weight is 288 g/mol. The summed E-state index contributed by atoms with van der Waals surface area (Å²) in [6, 6.07) is 9.28. The van der Waals surface area contributed by atoms with Crippen LogP contribution in [0.4, 0.5) is 0 Å². The maximum atomic E-state index is 12.3. The van der Waals surface area contributed by atoms with Crippen molar-refractivity contribution in [3.8, 4) is 0 Å². The van der Waals surface area contributed by atoms with Crippen LogP contribution in [0.25, 0.3) is 11.0 Å². The minimum atomic E-state index is -0.429. The first kappa shape index (κ1) is 15.6. The first-order valence-corrected chi connectivity index (χ1v) is 7.55. The second-order valence-electron chi connectivity index (χ2n) is 5.56. The van der Waals surface area contributed by atoms with Crippen molar-refractivity contribution < 1.29 is 9.21 Å². The van der Waals surface area contributed by atoms with Crippen LogP contribution in [0.15, 0.2) is 34.7 Å². The van der Waals surface area contributed by atoms with Gasteiger partial charge in [-0.2, -0.15) is 0 Å². The third-order valence-electron chi connectivity index (χ3n) is 3.97. The highest BCUT2D eigenvalue weighted by Crippen LogP contribution is 2.27. The highest BCUT2D eigenvalue weighted by atomic mass is 16.3. The molecular formula is C17H24N2O2. The lowest BCUT2D eigenvalue weighted by atomic mass is 10.1. The Kier molecular flexibility index (Phi) is 5.02. The molecule has 2 atom stereocenters. The number of likely N-dealkylation sites (N-methyl/N-ethyl adjacent to an activating group) is 1. The summed E-state index contributed by atoms with van der Waals surface area (Å²) in [6.07, 6.45) is 2.75. The molecule has 21 heavy (non-hydrogen) atoms. The number of furan rings is 1. The van der Waals surface area contributed by atoms with E-state index in [4.69, 9.17) is 10.2 Å². The molecule has 0 aliphatic heterocycles. The van der Waals surface area contributed by atoms with E-state index in [1.54, 1.807) is 11.9 Å². The summed E-state index contributed by atoms with van der Waals surface area (Å²) in [7, 11) is 1.78. The van der Waals surface area contributed by atoms with Gasteiger partial charge >= 0.3 is 0 Å². The minimum Gasteiger partial charge on any atom is -0.459 e. The molecule has 0 radical (unpaired) electrons. The Morgan fingerprint density at radius 3 is 2.76 bits per heavy atom. The van der Waals surface area contributed by atoms with Crippen molar-refractivity contribution in [1.82, 2.24) is 4.90 Å². The van der Waals surface area contributed by atoms with Crippen LogP contribution in [0.5, 0.6) is 0 Å². The van der Waals surface area contributed by atoms with Crippen molar-refractivity contribution in [2.24, 2.45) is 5.73 Å². The Labute approximate surface area is 125 Å². The molecule has 0 bridgehead atoms. The quantitative estimate of drug-likeness (QED) is 0.885. The third-order valence-corrected chi connectivity index (χ3v) is 3.97. The number of rotatable bonds is 6. The predicted molar refractivity (Wildman–Crippen MR) is 84.9 cm³/mol. The lowest BCUT2D eigenvalue weighted by Gasteiger charge is -2.26. The van der Waals surface area contributed by atoms with Gasteiger partial charge < -0.3 is 15.1 Å². The number of fused-ring (bicyclic) bond motifs is 1. The van der Waals surface area contributed by atoms with Crippen molar-refractivity contribution in [1.29, 1.82) is 0 Å². The van der Waals surface area contributed by atoms with E-state index >= 15 is 0 Å². The molecule has 0 saturated carbocycles. The Balaban J connectivity index is 2.10. The van der Waals surface area contributed by atoms with Gasteiger partial charge in [0.2, 0.25) is 5.91 Å². The number of hydrogen-bond acceptors (Lipinski definition) is 3. The van der Waals surface area contributed by atoms with E-state index in [0.717, 1.165) is 36.0 Å². The van der Waals surface area contributed by atoms with Crippen molar-refractivity contribution >= 4 is 16.9 Å². The summed E-state index contributed by atoms with van der Waals surface area (Å²) in [4.78, 5) is 14.0. The number of nitrogens with two attached hydrogens (primary N) is 1. The second kappa shape index (κ2) is 6.76. The number of unbranched alkanes of at least 4 members (excludes halogenated alkanes) is 1. The van der Waals surface area contributed by atoms with Gasteiger partial charge in [-0.05, 0) is 25.5 Å². The van der Waals surface area contributed by atoms with Gasteiger partial charge in [0.15, 0.2) is 0 Å². The highest BCUT2D eigenvalue weighted by Gasteiger charge is 2.24. The Morgan fingerprint density at radius 2 is 2.10 bits per heavy atom. The fourth-order valence-corrected chi connectivity index (χ4v) is 2.40. The van der Waals surface area contributed by atoms with E-state index in [-0.39, 0.29) is 11.9 Å². The molecule has 0 spiro atoms. The largest absolute Gasteiger partial charge is 0.459 e. The summed E-state index contributed by atoms with van der Waals surface area (Å²) < 4.78 is 5.83. The molecule has 1 aromatic heterocycles. The fraction of sp³-hybridized carbons (Fsp3) is 0.471. The van der Waals surface area contributed by atoms with Gasteiger partial charge in [0.1, 0.15) is 11.3 Å². The Hall–Kier alpha value is -1.81. The van der Waals surface area contributed by atoms with Crippen molar-refractivity contribution in [2.45, 2.75) is 45.2 Å². The summed E-state index contributed by atoms with van der Waals surface area (Å²) in [5.41, 5.74) is 6.82. The molecule has 2 aromatic rings. The maximum absolute atomic E-state index is 12.3. The molecule has 2 rings (SSSR count). The van der Waals surface area contributed by atoms with Gasteiger partial charge in [-0.1, -0.05) is 38.0 Å². The number of nitrogens with zero attached hydrogens (tertiary/aromatic N) is 1. The zero-order valence-electron chi connectivity index (χ0n) is 13.0. The van der Waals surface area contributed by atoms with E-state index in [0.29, 0.717) is 0 Å². The zero-order valence-corrected chi connectivity index (χ0v) is 13.0. The summed E-state index contributed by atoms with van der Waals surface area (Å²) in [5, 5.41) is 1.05. The first-order chi connectivity index (χ1) is 10.0. The zero-order chi connectivity index (χ0) is 15.4. The molecule has 0 aliphatic carbocycles. The first-order valence-electron chi connectivity index (χ1n) is 7.55. The van der Waals surface area contributed by atoms with Gasteiger partial charge in [0, 0.05) is 12.4 Å². The number of carbonyl (C=O) groups excluding carboxylic acids is 1. The van der Waals surface area contributed by atoms with E-state index in [2.05, 4.69) is 6.92 Å². The number of carbonyl (C=O) groups is 1. The van der Waals surface area contributed by atoms with Crippen LogP contribution in [-0.4, -0.2) is 23.9 Å². The molecule has 1 heterocycles. The van der Waals surface area contributed by atoms with Crippen LogP contribution in [0.1, 0.15) is 44.9 Å². The monoisotopic (exact) mass is 288 g/mol. The van der Waals surface area contributed by atoms with Crippen LogP contribution in [0, 0.1) is 0 Å². The van der Waals surface area contributed by atoms with Crippen LogP contribution >= 0.6 is 0 Å². The number of para-hydroxylation sites is 1. The SMILES string of the molecule is CCCCC(N)C(=O)N(C)C(C)c1cc2ccccc2o1. The van der Waals surface area contributed by atoms with E-state index in [1.807, 2.05) is 37.3 Å². The Bertz CT molecular complexity index is 573. The van der Waals surface area contributed by atoms with Crippen molar-refractivity contribution in [3.05, 3.63) is 36.1 Å². The number of hydrogen-bond donors (Lipinski definition) is 1. The summed E-state index contributed by atoms with van der Waals surface area (Å²) in [5.74, 6) is 0.756. The van der Waals surface area contributed by atoms with Gasteiger partial charge in [-0.15, -0.1) is 0 Å². The standard InChI is InChI=1S/C17H24N2O2/c1-4-5-9-14(18)17(20)19(3)12(2)16-11-13-8-6-7-10-15(13)21-16/h6-8,10-12,14H,4-5,9,18H2,1-3H3. The normalized spacial score (nSPS) is 14.1. The average Bonchev–Trinajstić information content (AvgIpc) is 2.94. The fourth-order valence-electron chi connectivity index (χ4n) is 2.40. The molecule has 0 aliphatic rings. The van der Waals surface area contributed by atoms with Crippen LogP contribution in [-0.2, 0) is 4.79 Å². The number of benzene rings is 1. The lowest BCUT2D eigenvalue weighted by Crippen LogP contribution is -2.42. The Morgan fingerprint density at radius 1 is 1.38 bits per heavy atom. The highest BCUT2D eigenvalue weighted by molar-refractivity contribution is 5.82. The van der Waals surface area contributed by atoms with Gasteiger partial charge in [-0.25, -0.2) is 0 Å². The molecule has 1 amide bonds. The van der Waals surface area contributed by atoms with E-state index in [9.17, 15) is 4.79 Å². The van der Waals surface area contributed by atoms with Crippen LogP contribution < -0.4 is 5.73 Å². The molecule has 4 nitrogen and oxygen atoms in total. The smallest absolute Gasteiger partial charge is 0.239 e. The van der Waals surface area contributed by atoms with E-state index in [1.165, 1.54) is 0 Å². The molecule has 114 valence electrons. The van der Waals surface area contributed by atoms with Gasteiger partial charge in [0.05, 0.1) is 12.1 Å². The second-order valence-corrected chi connectivity index (χ2v) is 5.56. The molecule has 0 fully saturated rings. The maximum Gasteiger partial charge on any atom is 0.239 e. The predicted octanol–water partition coefficient (Wildman–Crippen LogP) is 3.47. The van der Waals surface area contributed by atoms with Crippen LogP contribution in [0.3, 0.4) is 0 Å². The lowest BCUT2D eigenvalue weighted by molar-refractivity contribution is -0.133.